The van der Waals surface area contributed by atoms with Crippen molar-refractivity contribution in [2.75, 3.05) is 49.7 Å². The summed E-state index contributed by atoms with van der Waals surface area (Å²) < 4.78 is 28.5. The van der Waals surface area contributed by atoms with Crippen LogP contribution in [0, 0.1) is 44.4 Å². The maximum Gasteiger partial charge on any atom is 0.262 e. The van der Waals surface area contributed by atoms with E-state index in [-0.39, 0.29) is 6.84 Å². The Bertz CT molecular complexity index is 2030. The Hall–Kier alpha value is -3.65. The van der Waals surface area contributed by atoms with Gasteiger partial charge in [-0.1, -0.05) is 133 Å². The van der Waals surface area contributed by atoms with Gasteiger partial charge in [0.25, 0.3) is 10.0 Å². The van der Waals surface area contributed by atoms with E-state index in [0.717, 1.165) is 23.1 Å². The summed E-state index contributed by atoms with van der Waals surface area (Å²) in [5.41, 5.74) is 14.3. The van der Waals surface area contributed by atoms with E-state index in [9.17, 15) is 8.42 Å². The number of benzene rings is 4. The second-order valence-electron chi connectivity index (χ2n) is 18.3. The van der Waals surface area contributed by atoms with Crippen molar-refractivity contribution in [1.29, 1.82) is 0 Å². The first-order valence-corrected chi connectivity index (χ1v) is 23.8. The van der Waals surface area contributed by atoms with Crippen LogP contribution in [0.4, 0.5) is 11.4 Å². The first kappa shape index (κ1) is 43.9. The number of nitrogen functional groups attached to an aromatic ring is 1. The fourth-order valence-corrected chi connectivity index (χ4v) is 11.5. The fourth-order valence-electron chi connectivity index (χ4n) is 10.2. The zero-order valence-electron chi connectivity index (χ0n) is 36.6. The topological polar surface area (TPSA) is 78.7 Å². The monoisotopic (exact) mass is 807 g/mol. The van der Waals surface area contributed by atoms with Crippen LogP contribution in [0.15, 0.2) is 102 Å². The van der Waals surface area contributed by atoms with Crippen LogP contribution in [0.5, 0.6) is 0 Å². The van der Waals surface area contributed by atoms with Crippen LogP contribution in [-0.2, 0) is 20.9 Å². The number of hydrogen-bond acceptors (Lipinski definition) is 5. The number of likely N-dealkylation sites (tertiary alicyclic amines) is 2. The van der Waals surface area contributed by atoms with E-state index in [1.807, 2.05) is 43.3 Å². The smallest absolute Gasteiger partial charge is 0.262 e. The summed E-state index contributed by atoms with van der Waals surface area (Å²) in [5, 5.41) is 0. The molecule has 0 spiro atoms. The highest BCUT2D eigenvalue weighted by atomic mass is 32.2. The summed E-state index contributed by atoms with van der Waals surface area (Å²) in [7, 11) is -3.59. The van der Waals surface area contributed by atoms with Crippen molar-refractivity contribution in [3.63, 3.8) is 0 Å². The van der Waals surface area contributed by atoms with Crippen molar-refractivity contribution < 1.29 is 9.84 Å². The summed E-state index contributed by atoms with van der Waals surface area (Å²) in [6.07, 6.45) is 10.8. The molecule has 4 fully saturated rings. The summed E-state index contributed by atoms with van der Waals surface area (Å²) >= 11 is 0. The van der Waals surface area contributed by atoms with Gasteiger partial charge in [0.1, 0.15) is 0 Å². The van der Waals surface area contributed by atoms with Gasteiger partial charge in [-0.25, -0.2) is 8.42 Å². The number of unbranched alkanes of at least 4 members (excludes halogenated alkanes) is 6. The predicted octanol–water partition coefficient (Wildman–Crippen LogP) is 11.4. The Labute approximate surface area is 353 Å². The Kier molecular flexibility index (Phi) is 14.5. The number of aryl methyl sites for hydroxylation is 3. The number of rotatable bonds is 15. The van der Waals surface area contributed by atoms with Crippen molar-refractivity contribution >= 4 is 21.4 Å². The minimum absolute atomic E-state index is 0. The molecule has 4 atom stereocenters. The van der Waals surface area contributed by atoms with Crippen LogP contribution >= 0.6 is 0 Å². The number of sulfonamides is 1. The molecule has 4 unspecified atom stereocenters. The molecule has 7 heteroatoms. The molecule has 0 amide bonds. The first-order valence-electron chi connectivity index (χ1n) is 22.3. The Morgan fingerprint density at radius 1 is 0.603 bits per heavy atom. The Morgan fingerprint density at radius 2 is 1.05 bits per heavy atom. The number of nitrogens with zero attached hydrogens (tertiary/aromatic N) is 2. The zero-order chi connectivity index (χ0) is 41.5. The van der Waals surface area contributed by atoms with Gasteiger partial charge in [0, 0.05) is 49.8 Å². The van der Waals surface area contributed by atoms with E-state index in [2.05, 4.69) is 105 Å². The largest absolute Gasteiger partial charge is 0.399 e. The number of fused-ring (bicyclic) bond motifs is 2. The molecule has 6 nitrogen and oxygen atoms in total. The molecule has 0 radical (unpaired) electrons. The standard InChI is InChI=1S/C25H34N2O2S.C18H28N2.C8H10.H2/c1-4-5-6-9-15-27-17-22-23(18-27)25(22,3)20-12-10-13-21(16-20)26-30(28,29)24-14-8-7-11-19(24)2;1-3-4-5-6-10-20-12-16-17(13-20)18(16,2)14-8-7-9-15(19)11-14;1-7-5-3-4-6-8(7)2;/h7-8,10-14,16,22-23,26H,4-6,9,15,17-18H2,1-3H3;7-9,11,16-17H,3-6,10,12-13,19H2,1-2H3;3-6H,1-2H3;1H. The summed E-state index contributed by atoms with van der Waals surface area (Å²) in [4.78, 5) is 5.64. The second-order valence-corrected chi connectivity index (χ2v) is 19.9. The van der Waals surface area contributed by atoms with E-state index in [1.165, 1.54) is 113 Å². The number of piperidine rings is 2. The molecule has 2 aliphatic heterocycles. The van der Waals surface area contributed by atoms with Gasteiger partial charge in [-0.3, -0.25) is 4.72 Å². The number of nitrogens with two attached hydrogens (primary N) is 1. The third kappa shape index (κ3) is 10.0. The fraction of sp³-hybridized carbons (Fsp3) is 0.529. The van der Waals surface area contributed by atoms with Gasteiger partial charge in [-0.15, -0.1) is 0 Å². The van der Waals surface area contributed by atoms with Crippen LogP contribution < -0.4 is 10.5 Å². The average Bonchev–Trinajstić information content (AvgIpc) is 3.67. The van der Waals surface area contributed by atoms with Gasteiger partial charge < -0.3 is 15.5 Å². The van der Waals surface area contributed by atoms with Crippen LogP contribution in [0.2, 0.25) is 0 Å². The molecule has 3 N–H and O–H groups in total. The summed E-state index contributed by atoms with van der Waals surface area (Å²) in [6.45, 7) is 22.9. The normalized spacial score (nSPS) is 25.8. The van der Waals surface area contributed by atoms with Crippen LogP contribution in [0.3, 0.4) is 0 Å². The van der Waals surface area contributed by atoms with Gasteiger partial charge in [0.2, 0.25) is 0 Å². The van der Waals surface area contributed by atoms with E-state index in [1.54, 1.807) is 12.1 Å². The zero-order valence-corrected chi connectivity index (χ0v) is 37.5. The van der Waals surface area contributed by atoms with E-state index < -0.39 is 10.0 Å². The highest BCUT2D eigenvalue weighted by Crippen LogP contribution is 2.64. The molecule has 316 valence electrons. The summed E-state index contributed by atoms with van der Waals surface area (Å²) in [5.74, 6) is 3.09. The molecule has 2 heterocycles. The average molecular weight is 807 g/mol. The van der Waals surface area contributed by atoms with Gasteiger partial charge >= 0.3 is 0 Å². The highest BCUT2D eigenvalue weighted by molar-refractivity contribution is 7.92. The third-order valence-electron chi connectivity index (χ3n) is 14.4. The van der Waals surface area contributed by atoms with Gasteiger partial charge in [-0.05, 0) is 129 Å². The SMILES string of the molecule is CCCCCCN1CC2C(C1)C2(C)c1cccc(N)c1.CCCCCCN1CC2C(C1)C2(C)c1cccc(NS(=O)(=O)c2ccccc2C)c1.Cc1ccccc1C.[HH]. The minimum atomic E-state index is -3.59. The lowest BCUT2D eigenvalue weighted by Gasteiger charge is -2.25. The Morgan fingerprint density at radius 3 is 1.50 bits per heavy atom. The molecular weight excluding hydrogens is 733 g/mol. The molecule has 0 aromatic heterocycles. The first-order chi connectivity index (χ1) is 27.8. The predicted molar refractivity (Wildman–Crippen MR) is 247 cm³/mol. The molecule has 58 heavy (non-hydrogen) atoms. The molecular formula is C51H74N4O2S. The minimum Gasteiger partial charge on any atom is -0.399 e. The number of anilines is 2. The van der Waals surface area contributed by atoms with Crippen LogP contribution in [0.1, 0.15) is 108 Å². The summed E-state index contributed by atoms with van der Waals surface area (Å²) in [6, 6.07) is 32.0. The second kappa shape index (κ2) is 19.2. The maximum absolute atomic E-state index is 12.9. The Balaban J connectivity index is 0.000000195. The molecule has 4 aromatic rings. The lowest BCUT2D eigenvalue weighted by molar-refractivity contribution is 0.271. The van der Waals surface area contributed by atoms with Crippen molar-refractivity contribution in [3.8, 4) is 0 Å². The van der Waals surface area contributed by atoms with Crippen molar-refractivity contribution in [3.05, 3.63) is 125 Å². The van der Waals surface area contributed by atoms with Crippen molar-refractivity contribution in [1.82, 2.24) is 9.80 Å². The third-order valence-corrected chi connectivity index (χ3v) is 15.9. The van der Waals surface area contributed by atoms with Gasteiger partial charge in [-0.2, -0.15) is 0 Å². The number of hydrogen-bond donors (Lipinski definition) is 2. The molecule has 8 rings (SSSR count). The maximum atomic E-state index is 12.9. The number of nitrogens with one attached hydrogen (secondary N) is 1. The molecule has 2 aliphatic carbocycles. The van der Waals surface area contributed by atoms with Crippen molar-refractivity contribution in [2.24, 2.45) is 23.7 Å². The van der Waals surface area contributed by atoms with Crippen LogP contribution in [0.25, 0.3) is 0 Å². The molecule has 0 bridgehead atoms. The van der Waals surface area contributed by atoms with E-state index in [0.29, 0.717) is 27.8 Å². The van der Waals surface area contributed by atoms with E-state index >= 15 is 0 Å². The highest BCUT2D eigenvalue weighted by Gasteiger charge is 2.66. The van der Waals surface area contributed by atoms with Gasteiger partial charge in [0.05, 0.1) is 4.90 Å². The van der Waals surface area contributed by atoms with Crippen molar-refractivity contribution in [2.45, 2.75) is 116 Å². The molecule has 2 saturated heterocycles. The molecule has 4 aliphatic rings. The molecule has 2 saturated carbocycles. The quantitative estimate of drug-likeness (QED) is 0.0924. The van der Waals surface area contributed by atoms with E-state index in [4.69, 9.17) is 5.73 Å². The van der Waals surface area contributed by atoms with Gasteiger partial charge in [0.15, 0.2) is 0 Å². The van der Waals surface area contributed by atoms with Crippen LogP contribution in [-0.4, -0.2) is 57.5 Å². The lowest BCUT2D eigenvalue weighted by atomic mass is 9.92. The molecule has 4 aromatic carbocycles. The lowest BCUT2D eigenvalue weighted by Crippen LogP contribution is -2.30.